The molecule has 2 aliphatic rings. The second-order valence-corrected chi connectivity index (χ2v) is 11.2. The summed E-state index contributed by atoms with van der Waals surface area (Å²) in [5.74, 6) is -0.870. The predicted octanol–water partition coefficient (Wildman–Crippen LogP) is 4.91. The Hall–Kier alpha value is -2.51. The number of ether oxygens (including phenoxy) is 1. The lowest BCUT2D eigenvalue weighted by Gasteiger charge is -2.36. The van der Waals surface area contributed by atoms with Crippen molar-refractivity contribution < 1.29 is 18.7 Å². The number of likely N-dealkylation sites (tertiary alicyclic amines) is 1. The van der Waals surface area contributed by atoms with E-state index in [9.17, 15) is 14.0 Å². The summed E-state index contributed by atoms with van der Waals surface area (Å²) in [5, 5.41) is 3.34. The summed E-state index contributed by atoms with van der Waals surface area (Å²) in [7, 11) is 0. The average Bonchev–Trinajstić information content (AvgIpc) is 3.05. The number of hydrogen-bond donors (Lipinski definition) is 1. The van der Waals surface area contributed by atoms with Crippen molar-refractivity contribution in [2.24, 2.45) is 11.8 Å². The van der Waals surface area contributed by atoms with Gasteiger partial charge in [-0.2, -0.15) is 0 Å². The highest BCUT2D eigenvalue weighted by Gasteiger charge is 2.45. The van der Waals surface area contributed by atoms with Crippen LogP contribution in [0.2, 0.25) is 5.02 Å². The zero-order chi connectivity index (χ0) is 25.5. The summed E-state index contributed by atoms with van der Waals surface area (Å²) in [4.78, 5) is 33.4. The molecule has 0 bridgehead atoms. The molecule has 1 aromatic heterocycles. The zero-order valence-electron chi connectivity index (χ0n) is 20.8. The van der Waals surface area contributed by atoms with Crippen molar-refractivity contribution in [1.82, 2.24) is 15.2 Å². The Morgan fingerprint density at radius 3 is 2.51 bits per heavy atom. The van der Waals surface area contributed by atoms with E-state index >= 15 is 0 Å². The van der Waals surface area contributed by atoms with E-state index in [0.29, 0.717) is 35.8 Å². The summed E-state index contributed by atoms with van der Waals surface area (Å²) in [6.45, 7) is 11.0. The predicted molar refractivity (Wildman–Crippen MR) is 133 cm³/mol. The van der Waals surface area contributed by atoms with Gasteiger partial charge in [-0.15, -0.1) is 0 Å². The number of carbonyl (C=O) groups is 2. The average molecular weight is 502 g/mol. The van der Waals surface area contributed by atoms with E-state index in [1.54, 1.807) is 29.3 Å². The van der Waals surface area contributed by atoms with Crippen molar-refractivity contribution >= 4 is 23.4 Å². The molecule has 6 nitrogen and oxygen atoms in total. The molecule has 188 valence electrons. The third kappa shape index (κ3) is 5.21. The number of aromatic nitrogens is 1. The molecule has 0 radical (unpaired) electrons. The van der Waals surface area contributed by atoms with Crippen LogP contribution < -0.4 is 5.32 Å². The Labute approximate surface area is 211 Å². The number of benzene rings is 1. The van der Waals surface area contributed by atoms with Crippen molar-refractivity contribution in [3.05, 3.63) is 64.2 Å². The molecule has 1 aromatic carbocycles. The molecule has 0 unspecified atom stereocenters. The monoisotopic (exact) mass is 501 g/mol. The second-order valence-electron chi connectivity index (χ2n) is 10.8. The standard InChI is InChI=1S/C27H33ClFN3O3/c1-15-10-22(32(16(15)2)26(34)17-8-9-30-23(11-17)27(3,4)5)25(33)31-24(18-13-35-14-18)20-7-6-19(28)12-21(20)29/h6-9,11-12,15-16,18,22,24H,10,13-14H2,1-5H3,(H,31,33)/t15-,16-,22-,24-/m1/s1. The van der Waals surface area contributed by atoms with Crippen LogP contribution in [0.15, 0.2) is 36.5 Å². The molecule has 35 heavy (non-hydrogen) atoms. The molecule has 1 N–H and O–H groups in total. The maximum atomic E-state index is 14.8. The molecule has 4 rings (SSSR count). The molecule has 4 atom stereocenters. The van der Waals surface area contributed by atoms with Crippen LogP contribution in [-0.4, -0.2) is 47.0 Å². The van der Waals surface area contributed by atoms with E-state index in [2.05, 4.69) is 10.3 Å². The molecule has 2 aromatic rings. The van der Waals surface area contributed by atoms with Gasteiger partial charge in [0.25, 0.3) is 5.91 Å². The number of amides is 2. The smallest absolute Gasteiger partial charge is 0.254 e. The van der Waals surface area contributed by atoms with Crippen LogP contribution in [0.5, 0.6) is 0 Å². The minimum absolute atomic E-state index is 0.0513. The molecule has 2 fully saturated rings. The highest BCUT2D eigenvalue weighted by Crippen LogP contribution is 2.35. The molecule has 2 aliphatic heterocycles. The van der Waals surface area contributed by atoms with Gasteiger partial charge in [0.05, 0.1) is 19.3 Å². The minimum atomic E-state index is -0.655. The van der Waals surface area contributed by atoms with Gasteiger partial charge in [0.15, 0.2) is 0 Å². The van der Waals surface area contributed by atoms with E-state index in [-0.39, 0.29) is 35.1 Å². The molecular weight excluding hydrogens is 469 g/mol. The SMILES string of the molecule is C[C@@H]1C[C@H](C(=O)N[C@@H](c2ccc(Cl)cc2F)C2COC2)N(C(=O)c2ccnc(C(C)(C)C)c2)[C@@H]1C. The topological polar surface area (TPSA) is 71.5 Å². The summed E-state index contributed by atoms with van der Waals surface area (Å²) in [6.07, 6.45) is 2.18. The fraction of sp³-hybridized carbons (Fsp3) is 0.519. The second kappa shape index (κ2) is 9.86. The number of hydrogen-bond acceptors (Lipinski definition) is 4. The Morgan fingerprint density at radius 2 is 1.91 bits per heavy atom. The summed E-state index contributed by atoms with van der Waals surface area (Å²) in [6, 6.07) is 6.63. The van der Waals surface area contributed by atoms with Gasteiger partial charge < -0.3 is 15.0 Å². The quantitative estimate of drug-likeness (QED) is 0.631. The first-order chi connectivity index (χ1) is 16.5. The molecule has 0 saturated carbocycles. The molecule has 8 heteroatoms. The Kier molecular flexibility index (Phi) is 7.21. The first-order valence-electron chi connectivity index (χ1n) is 12.1. The van der Waals surface area contributed by atoms with Crippen molar-refractivity contribution in [2.75, 3.05) is 13.2 Å². The Bertz CT molecular complexity index is 1120. The van der Waals surface area contributed by atoms with Crippen LogP contribution in [-0.2, 0) is 14.9 Å². The van der Waals surface area contributed by atoms with Crippen molar-refractivity contribution in [3.63, 3.8) is 0 Å². The lowest BCUT2D eigenvalue weighted by molar-refractivity contribution is -0.128. The third-order valence-corrected chi connectivity index (χ3v) is 7.47. The molecule has 2 amide bonds. The van der Waals surface area contributed by atoms with Gasteiger partial charge in [0.2, 0.25) is 5.91 Å². The highest BCUT2D eigenvalue weighted by atomic mass is 35.5. The summed E-state index contributed by atoms with van der Waals surface area (Å²) >= 11 is 5.94. The lowest BCUT2D eigenvalue weighted by atomic mass is 9.90. The van der Waals surface area contributed by atoms with E-state index in [1.807, 2.05) is 40.7 Å². The summed E-state index contributed by atoms with van der Waals surface area (Å²) < 4.78 is 20.1. The number of pyridine rings is 1. The minimum Gasteiger partial charge on any atom is -0.381 e. The molecular formula is C27H33ClFN3O3. The summed E-state index contributed by atoms with van der Waals surface area (Å²) in [5.41, 5.74) is 1.48. The first kappa shape index (κ1) is 25.6. The van der Waals surface area contributed by atoms with Crippen LogP contribution in [0.3, 0.4) is 0 Å². The van der Waals surface area contributed by atoms with E-state index in [4.69, 9.17) is 16.3 Å². The van der Waals surface area contributed by atoms with Crippen molar-refractivity contribution in [2.45, 2.75) is 64.6 Å². The van der Waals surface area contributed by atoms with E-state index in [0.717, 1.165) is 5.69 Å². The molecule has 2 saturated heterocycles. The molecule has 3 heterocycles. The number of carbonyl (C=O) groups excluding carboxylic acids is 2. The van der Waals surface area contributed by atoms with Gasteiger partial charge in [-0.25, -0.2) is 4.39 Å². The first-order valence-corrected chi connectivity index (χ1v) is 12.5. The van der Waals surface area contributed by atoms with Crippen molar-refractivity contribution in [3.8, 4) is 0 Å². The number of halogens is 2. The van der Waals surface area contributed by atoms with E-state index < -0.39 is 17.9 Å². The molecule has 0 spiro atoms. The maximum Gasteiger partial charge on any atom is 0.254 e. The van der Waals surface area contributed by atoms with Crippen LogP contribution in [0.25, 0.3) is 0 Å². The molecule has 0 aliphatic carbocycles. The number of rotatable bonds is 5. The largest absolute Gasteiger partial charge is 0.381 e. The van der Waals surface area contributed by atoms with Gasteiger partial charge in [0, 0.05) is 45.4 Å². The lowest BCUT2D eigenvalue weighted by Crippen LogP contribution is -2.51. The van der Waals surface area contributed by atoms with Gasteiger partial charge in [0.1, 0.15) is 11.9 Å². The third-order valence-electron chi connectivity index (χ3n) is 7.24. The van der Waals surface area contributed by atoms with Crippen molar-refractivity contribution in [1.29, 1.82) is 0 Å². The fourth-order valence-electron chi connectivity index (χ4n) is 4.80. The van der Waals surface area contributed by atoms with Gasteiger partial charge in [-0.3, -0.25) is 14.6 Å². The fourth-order valence-corrected chi connectivity index (χ4v) is 4.96. The Balaban J connectivity index is 1.61. The van der Waals surface area contributed by atoms with Crippen LogP contribution >= 0.6 is 11.6 Å². The van der Waals surface area contributed by atoms with Gasteiger partial charge in [-0.1, -0.05) is 45.4 Å². The highest BCUT2D eigenvalue weighted by molar-refractivity contribution is 6.30. The van der Waals surface area contributed by atoms with Crippen LogP contribution in [0.4, 0.5) is 4.39 Å². The van der Waals surface area contributed by atoms with E-state index in [1.165, 1.54) is 6.07 Å². The zero-order valence-corrected chi connectivity index (χ0v) is 21.6. The van der Waals surface area contributed by atoms with Gasteiger partial charge in [-0.05, 0) is 43.5 Å². The number of nitrogens with one attached hydrogen (secondary N) is 1. The normalized spacial score (nSPS) is 23.6. The van der Waals surface area contributed by atoms with Gasteiger partial charge >= 0.3 is 0 Å². The Morgan fingerprint density at radius 1 is 1.20 bits per heavy atom. The maximum absolute atomic E-state index is 14.8. The number of nitrogens with zero attached hydrogens (tertiary/aromatic N) is 2. The van der Waals surface area contributed by atoms with Crippen LogP contribution in [0.1, 0.15) is 68.7 Å². The van der Waals surface area contributed by atoms with Crippen LogP contribution in [0, 0.1) is 17.7 Å².